The van der Waals surface area contributed by atoms with Crippen molar-refractivity contribution in [2.75, 3.05) is 0 Å². The first-order chi connectivity index (χ1) is 4.93. The molecule has 0 fully saturated rings. The van der Waals surface area contributed by atoms with Crippen molar-refractivity contribution in [3.63, 3.8) is 0 Å². The van der Waals surface area contributed by atoms with Crippen LogP contribution in [0.15, 0.2) is 5.38 Å². The van der Waals surface area contributed by atoms with E-state index in [4.69, 9.17) is 0 Å². The summed E-state index contributed by atoms with van der Waals surface area (Å²) >= 11 is -1.12. The number of halogens is 2. The van der Waals surface area contributed by atoms with Gasteiger partial charge in [-0.2, -0.15) is 0 Å². The predicted molar refractivity (Wildman–Crippen MR) is 47.2 cm³/mol. The van der Waals surface area contributed by atoms with Crippen LogP contribution in [-0.2, 0) is 0 Å². The van der Waals surface area contributed by atoms with Gasteiger partial charge in [-0.25, -0.2) is 0 Å². The van der Waals surface area contributed by atoms with Gasteiger partial charge in [-0.1, -0.05) is 0 Å². The zero-order chi connectivity index (χ0) is 8.65. The van der Waals surface area contributed by atoms with Crippen molar-refractivity contribution in [1.82, 2.24) is 0 Å². The summed E-state index contributed by atoms with van der Waals surface area (Å²) < 4.78 is 26.2. The van der Waals surface area contributed by atoms with E-state index >= 15 is 0 Å². The zero-order valence-corrected chi connectivity index (χ0v) is 10.4. The molecule has 11 heavy (non-hydrogen) atoms. The fraction of sp³-hybridized carbons (Fsp3) is 0.429. The quantitative estimate of drug-likeness (QED) is 0.695. The van der Waals surface area contributed by atoms with Gasteiger partial charge in [0.2, 0.25) is 0 Å². The van der Waals surface area contributed by atoms with Crippen molar-refractivity contribution in [3.8, 4) is 0 Å². The molecular formula is C7H10F2SSn. The Bertz CT molecular complexity index is 262. The number of hydrogen-bond acceptors (Lipinski definition) is 1. The van der Waals surface area contributed by atoms with Gasteiger partial charge < -0.3 is 0 Å². The van der Waals surface area contributed by atoms with E-state index < -0.39 is 30.0 Å². The summed E-state index contributed by atoms with van der Waals surface area (Å²) in [5, 5.41) is 1.26. The van der Waals surface area contributed by atoms with Crippen molar-refractivity contribution >= 4 is 32.6 Å². The molecule has 0 aliphatic heterocycles. The Kier molecular flexibility index (Phi) is 2.59. The molecule has 0 spiro atoms. The normalized spacial score (nSPS) is 12.1. The van der Waals surface area contributed by atoms with E-state index in [1.165, 1.54) is 16.7 Å². The Morgan fingerprint density at radius 1 is 1.27 bits per heavy atom. The van der Waals surface area contributed by atoms with E-state index in [-0.39, 0.29) is 0 Å². The molecule has 0 bridgehead atoms. The van der Waals surface area contributed by atoms with Gasteiger partial charge in [-0.05, 0) is 0 Å². The van der Waals surface area contributed by atoms with Crippen molar-refractivity contribution in [2.24, 2.45) is 0 Å². The average Bonchev–Trinajstić information content (AvgIpc) is 2.11. The molecule has 0 nitrogen and oxygen atoms in total. The van der Waals surface area contributed by atoms with E-state index in [1.807, 2.05) is 0 Å². The van der Waals surface area contributed by atoms with Gasteiger partial charge in [-0.3, -0.25) is 0 Å². The molecule has 1 aromatic rings. The molecule has 4 heteroatoms. The maximum atomic E-state index is 12.9. The molecule has 1 heterocycles. The van der Waals surface area contributed by atoms with Crippen LogP contribution in [0.3, 0.4) is 0 Å². The Morgan fingerprint density at radius 2 is 1.82 bits per heavy atom. The first kappa shape index (κ1) is 9.45. The molecule has 0 N–H and O–H groups in total. The minimum absolute atomic E-state index is 0.599. The molecule has 0 saturated carbocycles. The first-order valence-corrected chi connectivity index (χ1v) is 14.2. The summed E-state index contributed by atoms with van der Waals surface area (Å²) in [5.41, 5.74) is 0. The van der Waals surface area contributed by atoms with Crippen molar-refractivity contribution in [1.29, 1.82) is 0 Å². The second-order valence-electron chi connectivity index (χ2n) is 3.48. The van der Waals surface area contributed by atoms with E-state index in [1.54, 1.807) is 0 Å². The van der Waals surface area contributed by atoms with Crippen molar-refractivity contribution < 1.29 is 8.78 Å². The third kappa shape index (κ3) is 1.93. The van der Waals surface area contributed by atoms with Crippen LogP contribution in [-0.4, -0.2) is 18.4 Å². The molecule has 0 saturated heterocycles. The Hall–Kier alpha value is 0.359. The summed E-state index contributed by atoms with van der Waals surface area (Å²) in [6, 6.07) is 0. The zero-order valence-electron chi connectivity index (χ0n) is 6.74. The molecule has 0 aliphatic rings. The SMILES string of the molecule is [CH3][Sn]([CH3])([CH3])[c]1scc(F)c1F. The molecule has 62 valence electrons. The maximum absolute atomic E-state index is 12.9. The van der Waals surface area contributed by atoms with Crippen LogP contribution in [0, 0.1) is 11.6 Å². The molecule has 0 atom stereocenters. The Morgan fingerprint density at radius 3 is 2.00 bits per heavy atom. The molecule has 0 radical (unpaired) electrons. The second kappa shape index (κ2) is 3.01. The number of thiophene rings is 1. The summed E-state index contributed by atoms with van der Waals surface area (Å²) in [5.74, 6) is -1.28. The standard InChI is InChI=1S/C4HF2S.3CH3.Sn/c5-3-1-7-2-4(3)6;;;;/h1H;3*1H3;. The van der Waals surface area contributed by atoms with Crippen LogP contribution in [0.4, 0.5) is 8.78 Å². The predicted octanol–water partition coefficient (Wildman–Crippen LogP) is 2.57. The van der Waals surface area contributed by atoms with Crippen LogP contribution >= 0.6 is 11.3 Å². The fourth-order valence-corrected chi connectivity index (χ4v) is 7.46. The topological polar surface area (TPSA) is 0 Å². The molecule has 0 amide bonds. The van der Waals surface area contributed by atoms with Crippen LogP contribution in [0.25, 0.3) is 0 Å². The molecule has 1 rings (SSSR count). The van der Waals surface area contributed by atoms with Crippen molar-refractivity contribution in [3.05, 3.63) is 17.0 Å². The van der Waals surface area contributed by atoms with Crippen LogP contribution in [0.2, 0.25) is 14.8 Å². The van der Waals surface area contributed by atoms with Crippen LogP contribution < -0.4 is 2.89 Å². The number of hydrogen-bond donors (Lipinski definition) is 0. The Labute approximate surface area is 73.1 Å². The average molecular weight is 283 g/mol. The summed E-state index contributed by atoms with van der Waals surface area (Å²) in [6.45, 7) is 0. The number of rotatable bonds is 1. The fourth-order valence-electron chi connectivity index (χ4n) is 0.829. The third-order valence-corrected chi connectivity index (χ3v) is 11.7. The van der Waals surface area contributed by atoms with Gasteiger partial charge in [0.15, 0.2) is 0 Å². The molecule has 1 aromatic heterocycles. The van der Waals surface area contributed by atoms with Crippen LogP contribution in [0.1, 0.15) is 0 Å². The van der Waals surface area contributed by atoms with Crippen molar-refractivity contribution in [2.45, 2.75) is 14.8 Å². The van der Waals surface area contributed by atoms with E-state index in [9.17, 15) is 8.78 Å². The monoisotopic (exact) mass is 284 g/mol. The van der Waals surface area contributed by atoms with E-state index in [0.29, 0.717) is 2.89 Å². The molecule has 0 unspecified atom stereocenters. The van der Waals surface area contributed by atoms with Gasteiger partial charge >= 0.3 is 73.2 Å². The second-order valence-corrected chi connectivity index (χ2v) is 19.7. The van der Waals surface area contributed by atoms with Gasteiger partial charge in [0.25, 0.3) is 0 Å². The third-order valence-electron chi connectivity index (χ3n) is 1.37. The Balaban J connectivity index is 3.15. The van der Waals surface area contributed by atoms with Crippen LogP contribution in [0.5, 0.6) is 0 Å². The summed E-state index contributed by atoms with van der Waals surface area (Å²) in [7, 11) is 0. The van der Waals surface area contributed by atoms with Gasteiger partial charge in [0.1, 0.15) is 0 Å². The van der Waals surface area contributed by atoms with E-state index in [0.717, 1.165) is 0 Å². The van der Waals surface area contributed by atoms with Gasteiger partial charge in [-0.15, -0.1) is 0 Å². The summed E-state index contributed by atoms with van der Waals surface area (Å²) in [6.07, 6.45) is 0. The first-order valence-electron chi connectivity index (χ1n) is 3.36. The molecule has 0 aliphatic carbocycles. The van der Waals surface area contributed by atoms with E-state index in [2.05, 4.69) is 14.8 Å². The van der Waals surface area contributed by atoms with Gasteiger partial charge in [0.05, 0.1) is 0 Å². The van der Waals surface area contributed by atoms with Gasteiger partial charge in [0, 0.05) is 0 Å². The molecular weight excluding hydrogens is 273 g/mol. The molecule has 0 aromatic carbocycles. The summed E-state index contributed by atoms with van der Waals surface area (Å²) in [4.78, 5) is 6.22. The minimum atomic E-state index is -2.35.